The van der Waals surface area contributed by atoms with Crippen molar-refractivity contribution in [1.29, 1.82) is 0 Å². The SMILES string of the molecule is C=C[C@H]1[C@H](O[C@@H]2O[C@H](CO)[C@@H](O)C(O)(O)[C@H]2OCNC)OC=C(C(=O)OC2CCCCC2)[C@H]1/C=C/C1=C(NC(N)=NCCCO)C(C(=O)O)=CN(CCO)C1. The second-order valence-corrected chi connectivity index (χ2v) is 13.5. The van der Waals surface area contributed by atoms with Crippen LogP contribution in [0, 0.1) is 11.8 Å². The highest BCUT2D eigenvalue weighted by molar-refractivity contribution is 5.95. The number of allylic oxidation sites excluding steroid dienone is 1. The largest absolute Gasteiger partial charge is 0.478 e. The molecular formula is C36H55N5O14. The number of ether oxygens (including phenoxy) is 5. The van der Waals surface area contributed by atoms with E-state index < -0.39 is 67.1 Å². The monoisotopic (exact) mass is 781 g/mol. The van der Waals surface area contributed by atoms with Crippen molar-refractivity contribution >= 4 is 17.9 Å². The lowest BCUT2D eigenvalue weighted by atomic mass is 9.83. The lowest BCUT2D eigenvalue weighted by Gasteiger charge is -2.47. The summed E-state index contributed by atoms with van der Waals surface area (Å²) < 4.78 is 29.3. The molecule has 0 amide bonds. The Bertz CT molecular complexity index is 1480. The molecule has 1 aliphatic carbocycles. The lowest BCUT2D eigenvalue weighted by molar-refractivity contribution is -0.410. The normalized spacial score (nSPS) is 29.0. The van der Waals surface area contributed by atoms with Gasteiger partial charge in [-0.15, -0.1) is 6.58 Å². The zero-order valence-electron chi connectivity index (χ0n) is 30.9. The van der Waals surface area contributed by atoms with E-state index >= 15 is 0 Å². The molecule has 308 valence electrons. The number of aliphatic hydroxyl groups is 6. The molecule has 0 aromatic carbocycles. The summed E-state index contributed by atoms with van der Waals surface area (Å²) in [5.41, 5.74) is 6.50. The Hall–Kier alpha value is -3.89. The molecule has 3 heterocycles. The van der Waals surface area contributed by atoms with Gasteiger partial charge in [0.25, 0.3) is 0 Å². The predicted molar refractivity (Wildman–Crippen MR) is 194 cm³/mol. The van der Waals surface area contributed by atoms with Crippen molar-refractivity contribution in [2.24, 2.45) is 22.6 Å². The Morgan fingerprint density at radius 1 is 1.16 bits per heavy atom. The zero-order valence-corrected chi connectivity index (χ0v) is 30.9. The van der Waals surface area contributed by atoms with Gasteiger partial charge in [-0.05, 0) is 44.7 Å². The molecule has 11 N–H and O–H groups in total. The first-order valence-corrected chi connectivity index (χ1v) is 18.3. The van der Waals surface area contributed by atoms with Crippen molar-refractivity contribution in [2.45, 2.75) is 81.3 Å². The standard InChI is InChI=1S/C36H55N5O14/c1-3-23-24(11-10-21-16-41(13-15-43)17-25(31(46)47)28(21)40-35(37)39-12-7-14-42)26(32(48)53-22-8-5-4-6-9-22)19-51-33(23)55-34-30(52-20-38-2)36(49,50)29(45)27(18-44)54-34/h3,10-11,17,19,22-24,27,29-30,33-34,38,42-45,49-50H,1,4-9,12-16,18,20H2,2H3,(H,46,47)(H3,37,39,40)/b11-10+/t23-,24+,27-,29-,30+,33+,34+/m1/s1. The van der Waals surface area contributed by atoms with Crippen LogP contribution in [0.3, 0.4) is 0 Å². The smallest absolute Gasteiger partial charge is 0.339 e. The third-order valence-electron chi connectivity index (χ3n) is 9.62. The van der Waals surface area contributed by atoms with E-state index in [1.165, 1.54) is 25.6 Å². The van der Waals surface area contributed by atoms with Crippen molar-refractivity contribution < 1.29 is 69.0 Å². The van der Waals surface area contributed by atoms with Gasteiger partial charge < -0.3 is 75.4 Å². The van der Waals surface area contributed by atoms with E-state index in [0.29, 0.717) is 24.8 Å². The summed E-state index contributed by atoms with van der Waals surface area (Å²) in [6.45, 7) is 2.92. The molecule has 19 heteroatoms. The van der Waals surface area contributed by atoms with Crippen LogP contribution in [0.15, 0.2) is 64.7 Å². The summed E-state index contributed by atoms with van der Waals surface area (Å²) >= 11 is 0. The molecule has 1 saturated heterocycles. The lowest BCUT2D eigenvalue weighted by Crippen LogP contribution is -2.69. The molecule has 0 bridgehead atoms. The summed E-state index contributed by atoms with van der Waals surface area (Å²) in [6, 6.07) is 0. The van der Waals surface area contributed by atoms with Gasteiger partial charge in [0.15, 0.2) is 18.4 Å². The van der Waals surface area contributed by atoms with Crippen LogP contribution in [0.2, 0.25) is 0 Å². The van der Waals surface area contributed by atoms with E-state index in [2.05, 4.69) is 22.2 Å². The van der Waals surface area contributed by atoms with Crippen LogP contribution < -0.4 is 16.4 Å². The topological polar surface area (TPSA) is 288 Å². The summed E-state index contributed by atoms with van der Waals surface area (Å²) in [7, 11) is 1.54. The minimum absolute atomic E-state index is 0.0821. The highest BCUT2D eigenvalue weighted by Gasteiger charge is 2.57. The van der Waals surface area contributed by atoms with Crippen molar-refractivity contribution in [2.75, 3.05) is 53.2 Å². The summed E-state index contributed by atoms with van der Waals surface area (Å²) in [5, 5.41) is 76.8. The average molecular weight is 782 g/mol. The van der Waals surface area contributed by atoms with Gasteiger partial charge in [0.05, 0.1) is 49.0 Å². The highest BCUT2D eigenvalue weighted by atomic mass is 16.8. The Labute approximate surface area is 319 Å². The highest BCUT2D eigenvalue weighted by Crippen LogP contribution is 2.39. The molecule has 0 radical (unpaired) electrons. The molecule has 1 saturated carbocycles. The van der Waals surface area contributed by atoms with E-state index in [-0.39, 0.29) is 68.5 Å². The number of nitrogens with two attached hydrogens (primary N) is 1. The quantitative estimate of drug-likeness (QED) is 0.0184. The maximum absolute atomic E-state index is 13.8. The van der Waals surface area contributed by atoms with E-state index in [1.54, 1.807) is 17.1 Å². The molecule has 0 aromatic heterocycles. The number of nitrogens with zero attached hydrogens (tertiary/aromatic N) is 2. The van der Waals surface area contributed by atoms with Gasteiger partial charge in [0.2, 0.25) is 12.1 Å². The first kappa shape index (κ1) is 43.8. The maximum atomic E-state index is 13.8. The molecule has 7 atom stereocenters. The van der Waals surface area contributed by atoms with Crippen LogP contribution in [0.1, 0.15) is 38.5 Å². The average Bonchev–Trinajstić information content (AvgIpc) is 3.16. The molecule has 19 nitrogen and oxygen atoms in total. The number of β-amino-alcohol motifs (C(OH)–C–C–N with tert-alkyl or cyclic N) is 1. The van der Waals surface area contributed by atoms with Crippen LogP contribution in [-0.4, -0.2) is 155 Å². The van der Waals surface area contributed by atoms with E-state index in [9.17, 15) is 40.2 Å². The van der Waals surface area contributed by atoms with Crippen molar-refractivity contribution in [3.05, 3.63) is 59.7 Å². The first-order valence-electron chi connectivity index (χ1n) is 18.3. The summed E-state index contributed by atoms with van der Waals surface area (Å²) in [6.07, 6.45) is 3.30. The van der Waals surface area contributed by atoms with Crippen LogP contribution in [-0.2, 0) is 33.3 Å². The summed E-state index contributed by atoms with van der Waals surface area (Å²) in [4.78, 5) is 32.1. The number of hydrogen-bond donors (Lipinski definition) is 10. The number of aliphatic carboxylic acids is 1. The number of carbonyl (C=O) groups excluding carboxylic acids is 1. The number of guanidine groups is 1. The number of aliphatic hydroxyl groups excluding tert-OH is 4. The first-order chi connectivity index (χ1) is 26.4. The zero-order chi connectivity index (χ0) is 40.1. The molecule has 0 aromatic rings. The van der Waals surface area contributed by atoms with Gasteiger partial charge in [-0.25, -0.2) is 9.59 Å². The number of nitrogens with one attached hydrogen (secondary N) is 2. The van der Waals surface area contributed by atoms with Crippen LogP contribution >= 0.6 is 0 Å². The Morgan fingerprint density at radius 3 is 2.55 bits per heavy atom. The molecule has 4 aliphatic rings. The third-order valence-corrected chi connectivity index (χ3v) is 9.62. The number of rotatable bonds is 18. The van der Waals surface area contributed by atoms with Gasteiger partial charge in [-0.2, -0.15) is 0 Å². The molecule has 55 heavy (non-hydrogen) atoms. The van der Waals surface area contributed by atoms with Crippen LogP contribution in [0.5, 0.6) is 0 Å². The number of aliphatic imine (C=N–C) groups is 1. The minimum Gasteiger partial charge on any atom is -0.478 e. The minimum atomic E-state index is -2.94. The third kappa shape index (κ3) is 11.1. The molecular weight excluding hydrogens is 726 g/mol. The Balaban J connectivity index is 1.76. The van der Waals surface area contributed by atoms with Gasteiger partial charge >= 0.3 is 11.9 Å². The maximum Gasteiger partial charge on any atom is 0.339 e. The van der Waals surface area contributed by atoms with Crippen molar-refractivity contribution in [3.8, 4) is 0 Å². The molecule has 4 rings (SSSR count). The number of esters is 1. The fourth-order valence-electron chi connectivity index (χ4n) is 6.74. The number of carbonyl (C=O) groups is 2. The Kier molecular flexibility index (Phi) is 16.6. The second kappa shape index (κ2) is 20.9. The van der Waals surface area contributed by atoms with Crippen molar-refractivity contribution in [1.82, 2.24) is 15.5 Å². The molecule has 0 spiro atoms. The number of hydrogen-bond acceptors (Lipinski definition) is 16. The van der Waals surface area contributed by atoms with E-state index in [1.807, 2.05) is 0 Å². The van der Waals surface area contributed by atoms with Crippen LogP contribution in [0.25, 0.3) is 0 Å². The predicted octanol–water partition coefficient (Wildman–Crippen LogP) is -1.77. The fourth-order valence-corrected chi connectivity index (χ4v) is 6.74. The van der Waals surface area contributed by atoms with E-state index in [4.69, 9.17) is 34.5 Å². The number of carboxylic acids is 1. The van der Waals surface area contributed by atoms with Gasteiger partial charge in [0, 0.05) is 38.4 Å². The van der Waals surface area contributed by atoms with Gasteiger partial charge in [-0.3, -0.25) is 10.3 Å². The second-order valence-electron chi connectivity index (χ2n) is 13.5. The molecule has 2 fully saturated rings. The molecule has 3 aliphatic heterocycles. The molecule has 0 unspecified atom stereocenters. The van der Waals surface area contributed by atoms with Gasteiger partial charge in [-0.1, -0.05) is 24.6 Å². The van der Waals surface area contributed by atoms with Crippen molar-refractivity contribution in [3.63, 3.8) is 0 Å². The van der Waals surface area contributed by atoms with Crippen LogP contribution in [0.4, 0.5) is 0 Å². The number of carboxylic acid groups (broad SMARTS) is 1. The van der Waals surface area contributed by atoms with E-state index in [0.717, 1.165) is 19.3 Å². The van der Waals surface area contributed by atoms with Gasteiger partial charge in [0.1, 0.15) is 18.3 Å². The summed E-state index contributed by atoms with van der Waals surface area (Å²) in [5.74, 6) is -6.82. The fraction of sp³-hybridized carbons (Fsp3) is 0.639. The Morgan fingerprint density at radius 2 is 1.91 bits per heavy atom.